The summed E-state index contributed by atoms with van der Waals surface area (Å²) in [4.78, 5) is 14.0. The Morgan fingerprint density at radius 1 is 1.06 bits per heavy atom. The monoisotopic (exact) mass is 231 g/mol. The molecule has 0 saturated carbocycles. The van der Waals surface area contributed by atoms with E-state index in [-0.39, 0.29) is 5.78 Å². The van der Waals surface area contributed by atoms with Crippen LogP contribution >= 0.6 is 0 Å². The molecule has 1 rings (SSSR count). The number of allylic oxidation sites excluding steroid dienone is 1. The molecule has 0 atom stereocenters. The van der Waals surface area contributed by atoms with Gasteiger partial charge in [-0.2, -0.15) is 0 Å². The van der Waals surface area contributed by atoms with Crippen LogP contribution in [0.2, 0.25) is 0 Å². The highest BCUT2D eigenvalue weighted by atomic mass is 16.1. The van der Waals surface area contributed by atoms with Gasteiger partial charge in [0.1, 0.15) is 0 Å². The predicted octanol–water partition coefficient (Wildman–Crippen LogP) is 3.50. The normalized spacial score (nSPS) is 11.4. The van der Waals surface area contributed by atoms with Crippen molar-refractivity contribution in [3.8, 4) is 0 Å². The SMILES string of the molecule is CC(C)N(C=CC(=O)c1ccccc1)C(C)C. The van der Waals surface area contributed by atoms with E-state index in [9.17, 15) is 4.79 Å². The molecule has 1 aromatic rings. The van der Waals surface area contributed by atoms with Crippen molar-refractivity contribution in [3.63, 3.8) is 0 Å². The zero-order valence-electron chi connectivity index (χ0n) is 11.1. The lowest BCUT2D eigenvalue weighted by Crippen LogP contribution is -2.32. The summed E-state index contributed by atoms with van der Waals surface area (Å²) < 4.78 is 0. The van der Waals surface area contributed by atoms with Crippen molar-refractivity contribution in [2.75, 3.05) is 0 Å². The smallest absolute Gasteiger partial charge is 0.187 e. The van der Waals surface area contributed by atoms with Crippen molar-refractivity contribution in [3.05, 3.63) is 48.2 Å². The summed E-state index contributed by atoms with van der Waals surface area (Å²) in [6.45, 7) is 8.49. The fraction of sp³-hybridized carbons (Fsp3) is 0.400. The van der Waals surface area contributed by atoms with E-state index >= 15 is 0 Å². The first kappa shape index (κ1) is 13.5. The highest BCUT2D eigenvalue weighted by Crippen LogP contribution is 2.07. The molecule has 0 aliphatic heterocycles. The van der Waals surface area contributed by atoms with Crippen molar-refractivity contribution in [2.45, 2.75) is 39.8 Å². The first-order valence-electron chi connectivity index (χ1n) is 6.07. The van der Waals surface area contributed by atoms with Crippen molar-refractivity contribution in [1.29, 1.82) is 0 Å². The van der Waals surface area contributed by atoms with E-state index in [4.69, 9.17) is 0 Å². The minimum absolute atomic E-state index is 0.0527. The molecule has 0 aliphatic carbocycles. The third-order valence-electron chi connectivity index (χ3n) is 2.65. The molecule has 0 unspecified atom stereocenters. The molecule has 0 heterocycles. The molecule has 92 valence electrons. The van der Waals surface area contributed by atoms with Crippen molar-refractivity contribution >= 4 is 5.78 Å². The van der Waals surface area contributed by atoms with Crippen LogP contribution in [0.3, 0.4) is 0 Å². The van der Waals surface area contributed by atoms with Crippen LogP contribution in [0.5, 0.6) is 0 Å². The van der Waals surface area contributed by atoms with Crippen LogP contribution in [0.4, 0.5) is 0 Å². The fourth-order valence-electron chi connectivity index (χ4n) is 1.79. The van der Waals surface area contributed by atoms with E-state index in [0.29, 0.717) is 12.1 Å². The Balaban J connectivity index is 2.74. The molecule has 0 saturated heterocycles. The second kappa shape index (κ2) is 6.24. The molecule has 0 radical (unpaired) electrons. The zero-order valence-corrected chi connectivity index (χ0v) is 11.1. The molecule has 0 N–H and O–H groups in total. The maximum absolute atomic E-state index is 11.9. The second-order valence-corrected chi connectivity index (χ2v) is 4.68. The summed E-state index contributed by atoms with van der Waals surface area (Å²) in [7, 11) is 0. The van der Waals surface area contributed by atoms with Gasteiger partial charge in [0.2, 0.25) is 0 Å². The molecule has 0 fully saturated rings. The summed E-state index contributed by atoms with van der Waals surface area (Å²) in [6, 6.07) is 10.1. The molecule has 0 aromatic heterocycles. The number of hydrogen-bond acceptors (Lipinski definition) is 2. The van der Waals surface area contributed by atoms with Crippen molar-refractivity contribution in [1.82, 2.24) is 4.90 Å². The highest BCUT2D eigenvalue weighted by molar-refractivity contribution is 6.04. The quantitative estimate of drug-likeness (QED) is 0.571. The van der Waals surface area contributed by atoms with Crippen LogP contribution in [-0.4, -0.2) is 22.8 Å². The van der Waals surface area contributed by atoms with Crippen molar-refractivity contribution < 1.29 is 4.79 Å². The molecular formula is C15H21NO. The van der Waals surface area contributed by atoms with E-state index in [0.717, 1.165) is 5.56 Å². The number of hydrogen-bond donors (Lipinski definition) is 0. The van der Waals surface area contributed by atoms with Gasteiger partial charge in [0.25, 0.3) is 0 Å². The van der Waals surface area contributed by atoms with E-state index < -0.39 is 0 Å². The van der Waals surface area contributed by atoms with Gasteiger partial charge >= 0.3 is 0 Å². The average Bonchev–Trinajstić information content (AvgIpc) is 2.29. The second-order valence-electron chi connectivity index (χ2n) is 4.68. The Hall–Kier alpha value is -1.57. The Morgan fingerprint density at radius 3 is 2.06 bits per heavy atom. The first-order chi connectivity index (χ1) is 8.02. The maximum Gasteiger partial charge on any atom is 0.187 e. The highest BCUT2D eigenvalue weighted by Gasteiger charge is 2.09. The van der Waals surface area contributed by atoms with Crippen LogP contribution in [-0.2, 0) is 0 Å². The Bertz CT molecular complexity index is 371. The van der Waals surface area contributed by atoms with E-state index in [1.165, 1.54) is 0 Å². The Kier molecular flexibility index (Phi) is 4.95. The number of ketones is 1. The molecule has 17 heavy (non-hydrogen) atoms. The molecular weight excluding hydrogens is 210 g/mol. The predicted molar refractivity (Wildman–Crippen MR) is 72.0 cm³/mol. The lowest BCUT2D eigenvalue weighted by molar-refractivity contribution is 0.104. The largest absolute Gasteiger partial charge is 0.372 e. The summed E-state index contributed by atoms with van der Waals surface area (Å²) in [5.41, 5.74) is 0.733. The molecule has 2 heteroatoms. The van der Waals surface area contributed by atoms with Gasteiger partial charge in [0.05, 0.1) is 0 Å². The van der Waals surface area contributed by atoms with Crippen LogP contribution in [0.15, 0.2) is 42.6 Å². The van der Waals surface area contributed by atoms with Crippen LogP contribution in [0, 0.1) is 0 Å². The average molecular weight is 231 g/mol. The number of nitrogens with zero attached hydrogens (tertiary/aromatic N) is 1. The van der Waals surface area contributed by atoms with Gasteiger partial charge in [-0.05, 0) is 27.7 Å². The third kappa shape index (κ3) is 4.06. The molecule has 2 nitrogen and oxygen atoms in total. The fourth-order valence-corrected chi connectivity index (χ4v) is 1.79. The molecule has 0 aliphatic rings. The van der Waals surface area contributed by atoms with Gasteiger partial charge in [-0.3, -0.25) is 4.79 Å². The summed E-state index contributed by atoms with van der Waals surface area (Å²) in [5, 5.41) is 0. The van der Waals surface area contributed by atoms with E-state index in [1.807, 2.05) is 36.5 Å². The van der Waals surface area contributed by atoms with Gasteiger partial charge < -0.3 is 4.90 Å². The lowest BCUT2D eigenvalue weighted by Gasteiger charge is -2.29. The summed E-state index contributed by atoms with van der Waals surface area (Å²) >= 11 is 0. The minimum Gasteiger partial charge on any atom is -0.372 e. The van der Waals surface area contributed by atoms with Gasteiger partial charge in [-0.1, -0.05) is 30.3 Å². The third-order valence-corrected chi connectivity index (χ3v) is 2.65. The zero-order chi connectivity index (χ0) is 12.8. The first-order valence-corrected chi connectivity index (χ1v) is 6.07. The van der Waals surface area contributed by atoms with Crippen LogP contribution < -0.4 is 0 Å². The summed E-state index contributed by atoms with van der Waals surface area (Å²) in [6.07, 6.45) is 3.54. The lowest BCUT2D eigenvalue weighted by atomic mass is 10.1. The number of rotatable bonds is 5. The van der Waals surface area contributed by atoms with Crippen LogP contribution in [0.1, 0.15) is 38.1 Å². The number of carbonyl (C=O) groups is 1. The number of benzene rings is 1. The molecule has 1 aromatic carbocycles. The minimum atomic E-state index is 0.0527. The Morgan fingerprint density at radius 2 is 1.59 bits per heavy atom. The Labute approximate surface area is 104 Å². The van der Waals surface area contributed by atoms with Crippen molar-refractivity contribution in [2.24, 2.45) is 0 Å². The van der Waals surface area contributed by atoms with E-state index in [2.05, 4.69) is 32.6 Å². The van der Waals surface area contributed by atoms with Gasteiger partial charge in [-0.25, -0.2) is 0 Å². The molecule has 0 bridgehead atoms. The van der Waals surface area contributed by atoms with Gasteiger partial charge in [0, 0.05) is 29.9 Å². The van der Waals surface area contributed by atoms with Gasteiger partial charge in [0.15, 0.2) is 5.78 Å². The van der Waals surface area contributed by atoms with E-state index in [1.54, 1.807) is 6.08 Å². The summed E-state index contributed by atoms with van der Waals surface area (Å²) in [5.74, 6) is 0.0527. The molecule has 0 spiro atoms. The topological polar surface area (TPSA) is 20.3 Å². The molecule has 0 amide bonds. The van der Waals surface area contributed by atoms with Crippen LogP contribution in [0.25, 0.3) is 0 Å². The number of carbonyl (C=O) groups excluding carboxylic acids is 1. The standard InChI is InChI=1S/C15H21NO/c1-12(2)16(13(3)4)11-10-15(17)14-8-6-5-7-9-14/h5-13H,1-4H3. The maximum atomic E-state index is 11.9. The van der Waals surface area contributed by atoms with Gasteiger partial charge in [-0.15, -0.1) is 0 Å².